The van der Waals surface area contributed by atoms with Gasteiger partial charge in [-0.15, -0.1) is 16.8 Å². The highest BCUT2D eigenvalue weighted by Crippen LogP contribution is 2.31. The van der Waals surface area contributed by atoms with Crippen molar-refractivity contribution in [2.45, 2.75) is 51.6 Å². The van der Waals surface area contributed by atoms with E-state index in [-0.39, 0.29) is 11.6 Å². The number of carbonyl (C=O) groups is 2. The van der Waals surface area contributed by atoms with Crippen LogP contribution in [0.25, 0.3) is 11.4 Å². The number of aryl methyl sites for hydroxylation is 2. The number of carbonyl (C=O) groups excluding carboxylic acids is 2. The largest absolute Gasteiger partial charge is 0.469 e. The van der Waals surface area contributed by atoms with E-state index in [1.165, 1.54) is 18.7 Å². The first-order chi connectivity index (χ1) is 13.8. The van der Waals surface area contributed by atoms with Crippen LogP contribution in [0.3, 0.4) is 0 Å². The molecule has 0 saturated heterocycles. The summed E-state index contributed by atoms with van der Waals surface area (Å²) < 4.78 is 7.29. The smallest absolute Gasteiger partial charge is 0.192 e. The van der Waals surface area contributed by atoms with E-state index in [2.05, 4.69) is 21.8 Å². The molecular formula is C21H24N4O3S. The minimum absolute atomic E-state index is 0.0542. The fourth-order valence-electron chi connectivity index (χ4n) is 3.43. The summed E-state index contributed by atoms with van der Waals surface area (Å²) in [5.74, 6) is 1.28. The maximum atomic E-state index is 13.1. The summed E-state index contributed by atoms with van der Waals surface area (Å²) in [7, 11) is 0. The molecule has 3 rings (SSSR count). The standard InChI is InChI=1S/C21H24N4O3S/c1-7-9-25-20(16-8-10-28-14(16)5)23-24-21(25)29-15(6)19(27)18-11(2)17(13(4)26)12(3)22-18/h7-8,10,15,22H,1,9H2,2-6H3/t15-/m1/s1. The Kier molecular flexibility index (Phi) is 5.93. The van der Waals surface area contributed by atoms with Crippen LogP contribution in [0, 0.1) is 20.8 Å². The lowest BCUT2D eigenvalue weighted by atomic mass is 10.0. The molecule has 0 bridgehead atoms. The molecule has 1 atom stereocenters. The summed E-state index contributed by atoms with van der Waals surface area (Å²) in [5.41, 5.74) is 3.30. The predicted octanol–water partition coefficient (Wildman–Crippen LogP) is 4.54. The Morgan fingerprint density at radius 3 is 2.62 bits per heavy atom. The Morgan fingerprint density at radius 1 is 1.34 bits per heavy atom. The number of nitrogens with one attached hydrogen (secondary N) is 1. The summed E-state index contributed by atoms with van der Waals surface area (Å²) in [6.07, 6.45) is 3.37. The van der Waals surface area contributed by atoms with Crippen LogP contribution in [0.2, 0.25) is 0 Å². The van der Waals surface area contributed by atoms with Gasteiger partial charge in [-0.3, -0.25) is 14.2 Å². The molecule has 0 aliphatic rings. The molecule has 0 saturated carbocycles. The zero-order valence-electron chi connectivity index (χ0n) is 17.2. The van der Waals surface area contributed by atoms with Crippen molar-refractivity contribution < 1.29 is 14.0 Å². The van der Waals surface area contributed by atoms with Crippen LogP contribution >= 0.6 is 11.8 Å². The number of Topliss-reactive ketones (excluding diaryl/α,β-unsaturated/α-hetero) is 2. The molecule has 0 aliphatic heterocycles. The molecule has 0 radical (unpaired) electrons. The van der Waals surface area contributed by atoms with Gasteiger partial charge in [-0.25, -0.2) is 0 Å². The van der Waals surface area contributed by atoms with Crippen LogP contribution in [-0.4, -0.2) is 36.6 Å². The first-order valence-electron chi connectivity index (χ1n) is 9.25. The summed E-state index contributed by atoms with van der Waals surface area (Å²) in [5, 5.41) is 8.79. The number of hydrogen-bond donors (Lipinski definition) is 1. The number of H-pyrrole nitrogens is 1. The van der Waals surface area contributed by atoms with E-state index in [1.807, 2.05) is 24.5 Å². The van der Waals surface area contributed by atoms with Crippen LogP contribution in [0.4, 0.5) is 0 Å². The van der Waals surface area contributed by atoms with Crippen molar-refractivity contribution in [3.8, 4) is 11.4 Å². The maximum absolute atomic E-state index is 13.1. The minimum atomic E-state index is -0.419. The van der Waals surface area contributed by atoms with Crippen molar-refractivity contribution in [1.29, 1.82) is 0 Å². The minimum Gasteiger partial charge on any atom is -0.469 e. The monoisotopic (exact) mass is 412 g/mol. The number of nitrogens with zero attached hydrogens (tertiary/aromatic N) is 3. The fourth-order valence-corrected chi connectivity index (χ4v) is 4.34. The highest BCUT2D eigenvalue weighted by molar-refractivity contribution is 8.00. The third kappa shape index (κ3) is 3.85. The normalized spacial score (nSPS) is 12.2. The first kappa shape index (κ1) is 20.9. The van der Waals surface area contributed by atoms with Crippen molar-refractivity contribution in [2.75, 3.05) is 0 Å². The van der Waals surface area contributed by atoms with E-state index in [0.29, 0.717) is 40.0 Å². The molecule has 0 amide bonds. The molecule has 8 heteroatoms. The van der Waals surface area contributed by atoms with Crippen molar-refractivity contribution in [1.82, 2.24) is 19.7 Å². The van der Waals surface area contributed by atoms with Gasteiger partial charge in [0.2, 0.25) is 0 Å². The van der Waals surface area contributed by atoms with E-state index >= 15 is 0 Å². The molecule has 1 N–H and O–H groups in total. The molecule has 0 spiro atoms. The van der Waals surface area contributed by atoms with Crippen LogP contribution in [0.15, 0.2) is 34.6 Å². The van der Waals surface area contributed by atoms with Crippen LogP contribution < -0.4 is 0 Å². The second-order valence-corrected chi connectivity index (χ2v) is 8.21. The topological polar surface area (TPSA) is 93.8 Å². The number of hydrogen-bond acceptors (Lipinski definition) is 6. The lowest BCUT2D eigenvalue weighted by Gasteiger charge is -2.11. The summed E-state index contributed by atoms with van der Waals surface area (Å²) in [6.45, 7) is 13.1. The van der Waals surface area contributed by atoms with Gasteiger partial charge in [-0.05, 0) is 46.2 Å². The Hall–Kier alpha value is -2.87. The van der Waals surface area contributed by atoms with Crippen LogP contribution in [0.1, 0.15) is 51.7 Å². The highest BCUT2D eigenvalue weighted by Gasteiger charge is 2.26. The first-order valence-corrected chi connectivity index (χ1v) is 10.1. The van der Waals surface area contributed by atoms with Gasteiger partial charge in [0.05, 0.1) is 22.8 Å². The SMILES string of the molecule is C=CCn1c(S[C@H](C)C(=O)c2[nH]c(C)c(C(C)=O)c2C)nnc1-c1ccoc1C. The Balaban J connectivity index is 1.90. The molecular weight excluding hydrogens is 388 g/mol. The zero-order chi connectivity index (χ0) is 21.3. The number of rotatable bonds is 8. The van der Waals surface area contributed by atoms with Gasteiger partial charge in [0, 0.05) is 17.8 Å². The lowest BCUT2D eigenvalue weighted by molar-refractivity contribution is 0.0988. The Labute approximate surface area is 173 Å². The van der Waals surface area contributed by atoms with Crippen LogP contribution in [-0.2, 0) is 6.54 Å². The molecule has 152 valence electrons. The van der Waals surface area contributed by atoms with Crippen molar-refractivity contribution in [3.63, 3.8) is 0 Å². The highest BCUT2D eigenvalue weighted by atomic mass is 32.2. The van der Waals surface area contributed by atoms with Gasteiger partial charge in [-0.1, -0.05) is 17.8 Å². The number of allylic oxidation sites excluding steroid dienone is 1. The van der Waals surface area contributed by atoms with Gasteiger partial charge in [0.15, 0.2) is 22.5 Å². The van der Waals surface area contributed by atoms with Gasteiger partial charge in [-0.2, -0.15) is 0 Å². The second kappa shape index (κ2) is 8.24. The fraction of sp³-hybridized carbons (Fsp3) is 0.333. The van der Waals surface area contributed by atoms with Gasteiger partial charge < -0.3 is 9.40 Å². The van der Waals surface area contributed by atoms with Gasteiger partial charge in [0.25, 0.3) is 0 Å². The van der Waals surface area contributed by atoms with E-state index in [4.69, 9.17) is 4.42 Å². The zero-order valence-corrected chi connectivity index (χ0v) is 18.0. The lowest BCUT2D eigenvalue weighted by Crippen LogP contribution is -2.16. The van der Waals surface area contributed by atoms with E-state index in [0.717, 1.165) is 11.3 Å². The molecule has 3 heterocycles. The maximum Gasteiger partial charge on any atom is 0.192 e. The van der Waals surface area contributed by atoms with E-state index in [1.54, 1.807) is 26.2 Å². The number of thioether (sulfide) groups is 1. The van der Waals surface area contributed by atoms with Gasteiger partial charge >= 0.3 is 0 Å². The van der Waals surface area contributed by atoms with E-state index in [9.17, 15) is 9.59 Å². The van der Waals surface area contributed by atoms with E-state index < -0.39 is 5.25 Å². The molecule has 7 nitrogen and oxygen atoms in total. The van der Waals surface area contributed by atoms with Gasteiger partial charge in [0.1, 0.15) is 5.76 Å². The average molecular weight is 413 g/mol. The Morgan fingerprint density at radius 2 is 2.07 bits per heavy atom. The third-order valence-corrected chi connectivity index (χ3v) is 5.90. The molecule has 3 aromatic rings. The summed E-state index contributed by atoms with van der Waals surface area (Å²) in [6, 6.07) is 1.84. The summed E-state index contributed by atoms with van der Waals surface area (Å²) >= 11 is 1.33. The second-order valence-electron chi connectivity index (χ2n) is 6.90. The number of ketones is 2. The third-order valence-electron chi connectivity index (χ3n) is 4.82. The number of aromatic nitrogens is 4. The average Bonchev–Trinajstić information content (AvgIpc) is 3.33. The number of aromatic amines is 1. The van der Waals surface area contributed by atoms with Crippen molar-refractivity contribution in [2.24, 2.45) is 0 Å². The molecule has 0 unspecified atom stereocenters. The van der Waals surface area contributed by atoms with Crippen molar-refractivity contribution >= 4 is 23.3 Å². The molecule has 0 fully saturated rings. The Bertz CT molecular complexity index is 1090. The quantitative estimate of drug-likeness (QED) is 0.332. The molecule has 0 aliphatic carbocycles. The summed E-state index contributed by atoms with van der Waals surface area (Å²) in [4.78, 5) is 28.0. The molecule has 29 heavy (non-hydrogen) atoms. The van der Waals surface area contributed by atoms with Crippen LogP contribution in [0.5, 0.6) is 0 Å². The van der Waals surface area contributed by atoms with Crippen molar-refractivity contribution in [3.05, 3.63) is 53.3 Å². The number of furan rings is 1. The molecule has 3 aromatic heterocycles. The predicted molar refractivity (Wildman–Crippen MR) is 113 cm³/mol. The molecule has 0 aromatic carbocycles.